The van der Waals surface area contributed by atoms with Gasteiger partial charge in [-0.2, -0.15) is 0 Å². The van der Waals surface area contributed by atoms with Crippen LogP contribution in [0.2, 0.25) is 0 Å². The van der Waals surface area contributed by atoms with Crippen LogP contribution in [0.15, 0.2) is 18.5 Å². The fraction of sp³-hybridized carbons (Fsp3) is 0.611. The standard InChI is InChI=1S/C18H23NO5/c1-22-15(20)13-9-14(11-19-10-13)24-12-17-3-6-18(7-4-17,8-5-17)16(21)23-2/h9-11H,3-8,12H2,1-2H3. The van der Waals surface area contributed by atoms with Gasteiger partial charge in [-0.15, -0.1) is 0 Å². The molecule has 0 unspecified atom stereocenters. The first-order valence-corrected chi connectivity index (χ1v) is 8.27. The van der Waals surface area contributed by atoms with Crippen LogP contribution in [-0.2, 0) is 14.3 Å². The van der Waals surface area contributed by atoms with Gasteiger partial charge >= 0.3 is 11.9 Å². The average Bonchev–Trinajstić information content (AvgIpc) is 2.67. The normalized spacial score (nSPS) is 28.2. The maximum Gasteiger partial charge on any atom is 0.339 e. The summed E-state index contributed by atoms with van der Waals surface area (Å²) in [5.41, 5.74) is 0.212. The predicted octanol–water partition coefficient (Wildman–Crippen LogP) is 2.76. The Balaban J connectivity index is 1.63. The quantitative estimate of drug-likeness (QED) is 0.771. The second-order valence-electron chi connectivity index (χ2n) is 6.96. The lowest BCUT2D eigenvalue weighted by atomic mass is 9.54. The number of ether oxygens (including phenoxy) is 3. The van der Waals surface area contributed by atoms with Gasteiger partial charge in [-0.3, -0.25) is 9.78 Å². The van der Waals surface area contributed by atoms with Crippen LogP contribution in [0.1, 0.15) is 48.9 Å². The van der Waals surface area contributed by atoms with E-state index in [1.165, 1.54) is 20.4 Å². The van der Waals surface area contributed by atoms with E-state index in [4.69, 9.17) is 14.2 Å². The highest BCUT2D eigenvalue weighted by molar-refractivity contribution is 5.89. The van der Waals surface area contributed by atoms with Crippen molar-refractivity contribution in [1.82, 2.24) is 4.98 Å². The number of esters is 2. The monoisotopic (exact) mass is 333 g/mol. The van der Waals surface area contributed by atoms with Gasteiger partial charge in [-0.05, 0) is 44.6 Å². The van der Waals surface area contributed by atoms with Crippen LogP contribution in [0.25, 0.3) is 0 Å². The summed E-state index contributed by atoms with van der Waals surface area (Å²) in [6, 6.07) is 1.65. The summed E-state index contributed by atoms with van der Waals surface area (Å²) in [6.45, 7) is 0.580. The first-order valence-electron chi connectivity index (χ1n) is 8.27. The number of pyridine rings is 1. The van der Waals surface area contributed by atoms with Gasteiger partial charge in [0.05, 0.1) is 38.0 Å². The van der Waals surface area contributed by atoms with Gasteiger partial charge in [0.2, 0.25) is 0 Å². The number of hydrogen-bond acceptors (Lipinski definition) is 6. The molecule has 0 atom stereocenters. The Morgan fingerprint density at radius 2 is 1.71 bits per heavy atom. The van der Waals surface area contributed by atoms with Crippen molar-refractivity contribution >= 4 is 11.9 Å². The molecule has 3 aliphatic carbocycles. The van der Waals surface area contributed by atoms with Crippen LogP contribution in [0.4, 0.5) is 0 Å². The Morgan fingerprint density at radius 3 is 2.29 bits per heavy atom. The van der Waals surface area contributed by atoms with Crippen LogP contribution in [0.5, 0.6) is 5.75 Å². The number of methoxy groups -OCH3 is 2. The SMILES string of the molecule is COC(=O)c1cncc(OCC23CCC(C(=O)OC)(CC2)CC3)c1. The van der Waals surface area contributed by atoms with Gasteiger partial charge in [0.15, 0.2) is 0 Å². The second kappa shape index (κ2) is 6.42. The zero-order chi connectivity index (χ0) is 17.2. The van der Waals surface area contributed by atoms with Gasteiger partial charge < -0.3 is 14.2 Å². The van der Waals surface area contributed by atoms with Crippen molar-refractivity contribution in [2.24, 2.45) is 10.8 Å². The van der Waals surface area contributed by atoms with E-state index in [-0.39, 0.29) is 16.8 Å². The van der Waals surface area contributed by atoms with Crippen molar-refractivity contribution < 1.29 is 23.8 Å². The van der Waals surface area contributed by atoms with Gasteiger partial charge in [-0.1, -0.05) is 0 Å². The highest BCUT2D eigenvalue weighted by Gasteiger charge is 2.53. The molecule has 2 bridgehead atoms. The molecule has 1 heterocycles. The molecule has 3 aliphatic rings. The van der Waals surface area contributed by atoms with Crippen LogP contribution in [0.3, 0.4) is 0 Å². The van der Waals surface area contributed by atoms with Crippen LogP contribution in [0, 0.1) is 10.8 Å². The molecule has 0 aliphatic heterocycles. The van der Waals surface area contributed by atoms with Crippen molar-refractivity contribution in [2.75, 3.05) is 20.8 Å². The third-order valence-electron chi connectivity index (χ3n) is 5.70. The van der Waals surface area contributed by atoms with E-state index in [0.29, 0.717) is 17.9 Å². The molecular weight excluding hydrogens is 310 g/mol. The molecular formula is C18H23NO5. The summed E-state index contributed by atoms with van der Waals surface area (Å²) in [4.78, 5) is 27.6. The largest absolute Gasteiger partial charge is 0.491 e. The topological polar surface area (TPSA) is 74.7 Å². The summed E-state index contributed by atoms with van der Waals surface area (Å²) in [6.07, 6.45) is 8.55. The molecule has 6 nitrogen and oxygen atoms in total. The van der Waals surface area contributed by atoms with Crippen molar-refractivity contribution in [2.45, 2.75) is 38.5 Å². The Hall–Kier alpha value is -2.11. The molecule has 0 saturated heterocycles. The molecule has 4 rings (SSSR count). The molecule has 130 valence electrons. The van der Waals surface area contributed by atoms with Gasteiger partial charge in [0, 0.05) is 11.6 Å². The molecule has 0 spiro atoms. The van der Waals surface area contributed by atoms with E-state index in [1.54, 1.807) is 12.3 Å². The number of rotatable bonds is 5. The number of carbonyl (C=O) groups excluding carboxylic acids is 2. The average molecular weight is 333 g/mol. The molecule has 0 aromatic carbocycles. The number of hydrogen-bond donors (Lipinski definition) is 0. The molecule has 6 heteroatoms. The summed E-state index contributed by atoms with van der Waals surface area (Å²) in [5.74, 6) is 0.0821. The van der Waals surface area contributed by atoms with E-state index in [0.717, 1.165) is 38.5 Å². The molecule has 3 fully saturated rings. The van der Waals surface area contributed by atoms with E-state index in [9.17, 15) is 9.59 Å². The lowest BCUT2D eigenvalue weighted by Crippen LogP contribution is -2.48. The Labute approximate surface area is 141 Å². The van der Waals surface area contributed by atoms with E-state index < -0.39 is 5.97 Å². The highest BCUT2D eigenvalue weighted by atomic mass is 16.5. The number of nitrogens with zero attached hydrogens (tertiary/aromatic N) is 1. The van der Waals surface area contributed by atoms with Crippen molar-refractivity contribution in [3.05, 3.63) is 24.0 Å². The molecule has 0 N–H and O–H groups in total. The molecule has 0 radical (unpaired) electrons. The molecule has 24 heavy (non-hydrogen) atoms. The first kappa shape index (κ1) is 16.7. The molecule has 3 saturated carbocycles. The third-order valence-corrected chi connectivity index (χ3v) is 5.70. The maximum atomic E-state index is 12.1. The maximum absolute atomic E-state index is 12.1. The zero-order valence-electron chi connectivity index (χ0n) is 14.2. The third kappa shape index (κ3) is 2.97. The summed E-state index contributed by atoms with van der Waals surface area (Å²) in [7, 11) is 2.81. The fourth-order valence-corrected chi connectivity index (χ4v) is 3.97. The number of fused-ring (bicyclic) bond motifs is 3. The van der Waals surface area contributed by atoms with Crippen LogP contribution in [-0.4, -0.2) is 37.7 Å². The van der Waals surface area contributed by atoms with E-state index >= 15 is 0 Å². The summed E-state index contributed by atoms with van der Waals surface area (Å²) >= 11 is 0. The minimum Gasteiger partial charge on any atom is -0.491 e. The molecule has 1 aromatic heterocycles. The minimum absolute atomic E-state index is 0.0632. The molecule has 0 amide bonds. The minimum atomic E-state index is -0.427. The zero-order valence-corrected chi connectivity index (χ0v) is 14.2. The van der Waals surface area contributed by atoms with Crippen LogP contribution < -0.4 is 4.74 Å². The number of aromatic nitrogens is 1. The van der Waals surface area contributed by atoms with Crippen molar-refractivity contribution in [3.8, 4) is 5.75 Å². The summed E-state index contributed by atoms with van der Waals surface area (Å²) < 4.78 is 15.6. The van der Waals surface area contributed by atoms with Crippen molar-refractivity contribution in [3.63, 3.8) is 0 Å². The van der Waals surface area contributed by atoms with Gasteiger partial charge in [0.1, 0.15) is 5.75 Å². The smallest absolute Gasteiger partial charge is 0.339 e. The Morgan fingerprint density at radius 1 is 1.04 bits per heavy atom. The van der Waals surface area contributed by atoms with Crippen molar-refractivity contribution in [1.29, 1.82) is 0 Å². The van der Waals surface area contributed by atoms with Crippen LogP contribution >= 0.6 is 0 Å². The second-order valence-corrected chi connectivity index (χ2v) is 6.96. The van der Waals surface area contributed by atoms with Gasteiger partial charge in [-0.25, -0.2) is 4.79 Å². The fourth-order valence-electron chi connectivity index (χ4n) is 3.97. The lowest BCUT2D eigenvalue weighted by molar-refractivity contribution is -0.163. The van der Waals surface area contributed by atoms with Gasteiger partial charge in [0.25, 0.3) is 0 Å². The molecule has 1 aromatic rings. The first-order chi connectivity index (χ1) is 11.5. The Kier molecular flexibility index (Phi) is 4.47. The predicted molar refractivity (Wildman–Crippen MR) is 85.7 cm³/mol. The van der Waals surface area contributed by atoms with E-state index in [2.05, 4.69) is 4.98 Å². The highest BCUT2D eigenvalue weighted by Crippen LogP contribution is 2.57. The van der Waals surface area contributed by atoms with E-state index in [1.807, 2.05) is 0 Å². The lowest BCUT2D eigenvalue weighted by Gasteiger charge is -2.51. The number of carbonyl (C=O) groups is 2. The Bertz CT molecular complexity index is 618. The summed E-state index contributed by atoms with van der Waals surface area (Å²) in [5, 5.41) is 0.